The summed E-state index contributed by atoms with van der Waals surface area (Å²) in [7, 11) is 2.62. The van der Waals surface area contributed by atoms with Gasteiger partial charge in [0.2, 0.25) is 0 Å². The summed E-state index contributed by atoms with van der Waals surface area (Å²) in [5.74, 6) is 1.59. The first-order valence-electron chi connectivity index (χ1n) is 34.1. The van der Waals surface area contributed by atoms with E-state index in [0.717, 1.165) is 113 Å². The van der Waals surface area contributed by atoms with Crippen LogP contribution in [0.4, 0.5) is 0 Å². The van der Waals surface area contributed by atoms with Crippen LogP contribution in [-0.4, -0.2) is 119 Å². The summed E-state index contributed by atoms with van der Waals surface area (Å²) in [6.07, 6.45) is 16.9. The third-order valence-electron chi connectivity index (χ3n) is 14.4. The fourth-order valence-corrected chi connectivity index (χ4v) is 9.17. The number of aromatic nitrogens is 16. The van der Waals surface area contributed by atoms with Gasteiger partial charge in [-0.15, -0.1) is 0 Å². The van der Waals surface area contributed by atoms with E-state index in [1.807, 2.05) is 45.0 Å². The Kier molecular flexibility index (Phi) is 35.2. The molecule has 1 aliphatic heterocycles. The Bertz CT molecular complexity index is 3880. The fourth-order valence-electron chi connectivity index (χ4n) is 9.02. The van der Waals surface area contributed by atoms with Gasteiger partial charge in [0.1, 0.15) is 54.6 Å². The van der Waals surface area contributed by atoms with Gasteiger partial charge in [0.25, 0.3) is 0 Å². The van der Waals surface area contributed by atoms with Crippen molar-refractivity contribution in [3.05, 3.63) is 166 Å². The van der Waals surface area contributed by atoms with Crippen LogP contribution in [0.15, 0.2) is 104 Å². The largest absolute Gasteiger partial charge is 2.00 e. The predicted octanol–water partition coefficient (Wildman–Crippen LogP) is 15.1. The predicted molar refractivity (Wildman–Crippen MR) is 398 cm³/mol. The number of hydrogen-bond acceptors (Lipinski definition) is 21. The first-order chi connectivity index (χ1) is 47.1. The van der Waals surface area contributed by atoms with E-state index in [4.69, 9.17) is 11.6 Å². The van der Waals surface area contributed by atoms with Crippen molar-refractivity contribution in [1.82, 2.24) is 80.2 Å². The Hall–Kier alpha value is -8.56. The molecule has 102 heavy (non-hydrogen) atoms. The van der Waals surface area contributed by atoms with E-state index in [0.29, 0.717) is 41.0 Å². The Morgan fingerprint density at radius 2 is 0.794 bits per heavy atom. The standard InChI is InChI=1S/C16H23N3.2C15H21N4.C15H22N2O2.C10H14N2O2.C6H5ClN2O2.Pt/c1-11(2)6-13-8-14(19-10-18-13)12-7-15(17-9-12)16(3,4)5;2*1-10(2)6-11-7-12(17-9-16-11)13-8-14(19-18-13)15(3,4)5;1-10(2)6-11-7-12(17-9-16-11)13(18)8-14(19)15(3,4)5;1-7(2)4-8-5-9(10(13)14-3)12-6-11-8;1-11-6(10)4-2-5(7)9-3-8-4;/h7-8,10-11H,6,9H2,1-5H3;2*7-10H,6H2,1-5H3;7-10,18H,6H2,1-5H3;5-7H,4H2,1-3H3;2-3H,1H3;/q;2*-1;;;;+2. The number of carbonyl (C=O) groups excluding carboxylic acids is 3. The summed E-state index contributed by atoms with van der Waals surface area (Å²) >= 11 is 5.49. The third kappa shape index (κ3) is 31.4. The molecule has 0 bridgehead atoms. The molecule has 0 aliphatic carbocycles. The molecule has 0 radical (unpaired) electrons. The molecule has 8 aromatic heterocycles. The van der Waals surface area contributed by atoms with Crippen LogP contribution in [0.5, 0.6) is 0 Å². The molecule has 0 spiro atoms. The Labute approximate surface area is 623 Å². The number of halogens is 1. The molecule has 8 aromatic rings. The molecular weight excluding hydrogens is 1490 g/mol. The van der Waals surface area contributed by atoms with Gasteiger partial charge in [0.15, 0.2) is 17.2 Å². The Morgan fingerprint density at radius 3 is 1.13 bits per heavy atom. The van der Waals surface area contributed by atoms with Gasteiger partial charge in [0, 0.05) is 84.9 Å². The molecule has 23 nitrogen and oxygen atoms in total. The molecule has 9 heterocycles. The normalized spacial score (nSPS) is 12.2. The van der Waals surface area contributed by atoms with Crippen LogP contribution in [0, 0.1) is 40.4 Å². The number of allylic oxidation sites excluding steroid dienone is 2. The second kappa shape index (κ2) is 40.9. The first-order valence-corrected chi connectivity index (χ1v) is 34.5. The maximum Gasteiger partial charge on any atom is 2.00 e. The van der Waals surface area contributed by atoms with Gasteiger partial charge in [0.05, 0.1) is 37.8 Å². The zero-order chi connectivity index (χ0) is 75.6. The zero-order valence-corrected chi connectivity index (χ0v) is 67.2. The minimum absolute atomic E-state index is 0. The molecule has 9 rings (SSSR count). The molecule has 552 valence electrons. The van der Waals surface area contributed by atoms with E-state index in [-0.39, 0.29) is 59.7 Å². The van der Waals surface area contributed by atoms with Crippen molar-refractivity contribution >= 4 is 46.4 Å². The Morgan fingerprint density at radius 1 is 0.461 bits per heavy atom. The number of methoxy groups -OCH3 is 2. The van der Waals surface area contributed by atoms with Gasteiger partial charge in [-0.1, -0.05) is 187 Å². The van der Waals surface area contributed by atoms with Crippen molar-refractivity contribution in [2.24, 2.45) is 45.4 Å². The number of aliphatic imine (C=N–C) groups is 1. The summed E-state index contributed by atoms with van der Waals surface area (Å²) in [5.41, 5.74) is 14.2. The minimum Gasteiger partial charge on any atom is -0.573 e. The number of nitrogens with zero attached hydrogens (tertiary/aromatic N) is 17. The van der Waals surface area contributed by atoms with Gasteiger partial charge in [-0.05, 0) is 98.1 Å². The Balaban J connectivity index is 0.000000320. The van der Waals surface area contributed by atoms with Gasteiger partial charge >= 0.3 is 33.0 Å². The number of aliphatic hydroxyl groups excluding tert-OH is 1. The molecule has 0 saturated carbocycles. The third-order valence-corrected chi connectivity index (χ3v) is 14.6. The first kappa shape index (κ1) is 87.7. The SMILES string of the molecule is CC(C)Cc1cc(-c2cc(C(C)(C)C)n[n-]2)ncn1.CC(C)Cc1cc(-c2cc(C(C)(C)C)n[n-]2)ncn1.CC(C)Cc1cc(C(O)=CC(=O)C(C)(C)C)ncn1.CC(C)Cc1cc(C2=CC(C(C)(C)C)=NC2)ncn1.COC(=O)c1cc(CC(C)C)ncn1.COC(=O)c1cc(Cl)ncn1.[Pt+2]. The number of hydrogen-bond donors (Lipinski definition) is 1. The monoisotopic (exact) mass is 1590 g/mol. The molecular formula is C77H106ClN17O6Pt. The molecule has 0 amide bonds. The van der Waals surface area contributed by atoms with Crippen LogP contribution < -0.4 is 10.2 Å². The molecule has 1 aliphatic rings. The van der Waals surface area contributed by atoms with Crippen molar-refractivity contribution in [3.63, 3.8) is 0 Å². The van der Waals surface area contributed by atoms with Crippen LogP contribution in [-0.2, 0) is 78.3 Å². The van der Waals surface area contributed by atoms with Crippen LogP contribution in [0.3, 0.4) is 0 Å². The maximum atomic E-state index is 11.8. The van der Waals surface area contributed by atoms with Crippen molar-refractivity contribution in [3.8, 4) is 22.8 Å². The fraction of sp³-hybridized carbons (Fsp3) is 0.506. The summed E-state index contributed by atoms with van der Waals surface area (Å²) in [5, 5.41) is 27.1. The number of ketones is 1. The summed E-state index contributed by atoms with van der Waals surface area (Å²) in [6, 6.07) is 14.9. The van der Waals surface area contributed by atoms with E-state index < -0.39 is 17.4 Å². The van der Waals surface area contributed by atoms with E-state index in [2.05, 4.69) is 238 Å². The number of carbonyl (C=O) groups is 3. The summed E-state index contributed by atoms with van der Waals surface area (Å²) in [6.45, 7) is 47.0. The minimum atomic E-state index is -0.519. The van der Waals surface area contributed by atoms with Crippen LogP contribution >= 0.6 is 11.6 Å². The summed E-state index contributed by atoms with van der Waals surface area (Å²) < 4.78 is 8.97. The topological polar surface area (TPSA) is 311 Å². The van der Waals surface area contributed by atoms with Gasteiger partial charge in [-0.25, -0.2) is 69.4 Å². The second-order valence-electron chi connectivity index (χ2n) is 30.7. The zero-order valence-electron chi connectivity index (χ0n) is 64.2. The molecule has 25 heteroatoms. The van der Waals surface area contributed by atoms with E-state index in [1.165, 1.54) is 50.9 Å². The van der Waals surface area contributed by atoms with E-state index in [9.17, 15) is 19.5 Å². The summed E-state index contributed by atoms with van der Waals surface area (Å²) in [4.78, 5) is 87.6. The van der Waals surface area contributed by atoms with Crippen molar-refractivity contribution < 1.29 is 50.0 Å². The average Bonchev–Trinajstić information content (AvgIpc) is 1.69. The number of rotatable bonds is 17. The molecule has 1 N–H and O–H groups in total. The molecule has 0 aromatic carbocycles. The quantitative estimate of drug-likeness (QED) is 0.0383. The van der Waals surface area contributed by atoms with Crippen molar-refractivity contribution in [1.29, 1.82) is 0 Å². The van der Waals surface area contributed by atoms with Gasteiger partial charge < -0.3 is 35.0 Å². The maximum absolute atomic E-state index is 11.8. The second-order valence-corrected chi connectivity index (χ2v) is 31.1. The van der Waals surface area contributed by atoms with E-state index >= 15 is 0 Å². The van der Waals surface area contributed by atoms with Crippen molar-refractivity contribution in [2.75, 3.05) is 20.8 Å². The molecule has 0 saturated heterocycles. The molecule has 0 atom stereocenters. The number of aliphatic hydroxyl groups is 1. The van der Waals surface area contributed by atoms with Crippen LogP contribution in [0.2, 0.25) is 5.15 Å². The van der Waals surface area contributed by atoms with Gasteiger partial charge in [-0.3, -0.25) is 9.79 Å². The van der Waals surface area contributed by atoms with Crippen molar-refractivity contribution in [2.45, 2.75) is 195 Å². The molecule has 0 fully saturated rings. The average molecular weight is 1600 g/mol. The number of esters is 2. The van der Waals surface area contributed by atoms with Gasteiger partial charge in [-0.2, -0.15) is 0 Å². The number of ether oxygens (including phenoxy) is 2. The van der Waals surface area contributed by atoms with Crippen LogP contribution in [0.1, 0.15) is 225 Å². The smallest absolute Gasteiger partial charge is 0.573 e. The van der Waals surface area contributed by atoms with E-state index in [1.54, 1.807) is 31.1 Å². The molecule has 0 unspecified atom stereocenters. The van der Waals surface area contributed by atoms with Crippen LogP contribution in [0.25, 0.3) is 34.1 Å².